The molecular weight excluding hydrogens is 216 g/mol. The Morgan fingerprint density at radius 2 is 1.82 bits per heavy atom. The van der Waals surface area contributed by atoms with E-state index in [1.807, 2.05) is 6.92 Å². The summed E-state index contributed by atoms with van der Waals surface area (Å²) < 4.78 is 5.64. The summed E-state index contributed by atoms with van der Waals surface area (Å²) in [5.41, 5.74) is 1.46. The fourth-order valence-electron chi connectivity index (χ4n) is 1.49. The highest BCUT2D eigenvalue weighted by atomic mass is 16.5. The van der Waals surface area contributed by atoms with Crippen molar-refractivity contribution < 1.29 is 14.6 Å². The molecule has 3 heteroatoms. The number of phenols is 1. The van der Waals surface area contributed by atoms with Gasteiger partial charge < -0.3 is 9.84 Å². The lowest BCUT2D eigenvalue weighted by molar-refractivity contribution is 0.112. The van der Waals surface area contributed by atoms with Crippen molar-refractivity contribution in [2.45, 2.75) is 6.92 Å². The summed E-state index contributed by atoms with van der Waals surface area (Å²) in [5.74, 6) is 1.55. The van der Waals surface area contributed by atoms with Gasteiger partial charge in [0.05, 0.1) is 0 Å². The molecule has 0 amide bonds. The number of rotatable bonds is 3. The van der Waals surface area contributed by atoms with E-state index in [0.717, 1.165) is 11.8 Å². The minimum absolute atomic E-state index is 0.214. The molecular formula is C14H12O3. The van der Waals surface area contributed by atoms with Crippen LogP contribution in [-0.2, 0) is 0 Å². The minimum Gasteiger partial charge on any atom is -0.508 e. The van der Waals surface area contributed by atoms with E-state index in [1.54, 1.807) is 42.5 Å². The van der Waals surface area contributed by atoms with Gasteiger partial charge in [0.15, 0.2) is 0 Å². The lowest BCUT2D eigenvalue weighted by Crippen LogP contribution is -1.88. The third kappa shape index (κ3) is 2.64. The molecule has 2 aromatic rings. The SMILES string of the molecule is Cc1cc(O)ccc1Oc1ccc(C=O)cc1. The van der Waals surface area contributed by atoms with Gasteiger partial charge in [-0.3, -0.25) is 4.79 Å². The van der Waals surface area contributed by atoms with E-state index in [1.165, 1.54) is 0 Å². The van der Waals surface area contributed by atoms with Crippen molar-refractivity contribution in [2.75, 3.05) is 0 Å². The zero-order chi connectivity index (χ0) is 12.3. The molecule has 0 radical (unpaired) electrons. The lowest BCUT2D eigenvalue weighted by Gasteiger charge is -2.08. The maximum atomic E-state index is 10.5. The average Bonchev–Trinajstić information content (AvgIpc) is 2.34. The van der Waals surface area contributed by atoms with Crippen LogP contribution in [0, 0.1) is 6.92 Å². The molecule has 3 nitrogen and oxygen atoms in total. The van der Waals surface area contributed by atoms with E-state index in [9.17, 15) is 9.90 Å². The van der Waals surface area contributed by atoms with Crippen LogP contribution in [0.3, 0.4) is 0 Å². The Hall–Kier alpha value is -2.29. The van der Waals surface area contributed by atoms with Crippen LogP contribution in [0.4, 0.5) is 0 Å². The first kappa shape index (κ1) is 11.2. The quantitative estimate of drug-likeness (QED) is 0.820. The van der Waals surface area contributed by atoms with E-state index in [-0.39, 0.29) is 5.75 Å². The van der Waals surface area contributed by atoms with Crippen LogP contribution in [-0.4, -0.2) is 11.4 Å². The summed E-state index contributed by atoms with van der Waals surface area (Å²) in [7, 11) is 0. The number of hydrogen-bond acceptors (Lipinski definition) is 3. The Bertz CT molecular complexity index is 530. The number of hydrogen-bond donors (Lipinski definition) is 1. The highest BCUT2D eigenvalue weighted by molar-refractivity contribution is 5.74. The Kier molecular flexibility index (Phi) is 3.10. The maximum absolute atomic E-state index is 10.5. The van der Waals surface area contributed by atoms with Gasteiger partial charge in [-0.2, -0.15) is 0 Å². The van der Waals surface area contributed by atoms with Gasteiger partial charge in [-0.25, -0.2) is 0 Å². The number of benzene rings is 2. The fourth-order valence-corrected chi connectivity index (χ4v) is 1.49. The molecule has 0 saturated heterocycles. The second-order valence-electron chi connectivity index (χ2n) is 3.74. The number of ether oxygens (including phenoxy) is 1. The molecule has 2 rings (SSSR count). The van der Waals surface area contributed by atoms with Gasteiger partial charge in [-0.1, -0.05) is 0 Å². The van der Waals surface area contributed by atoms with Crippen LogP contribution in [0.25, 0.3) is 0 Å². The second kappa shape index (κ2) is 4.70. The third-order valence-corrected chi connectivity index (χ3v) is 2.40. The van der Waals surface area contributed by atoms with E-state index < -0.39 is 0 Å². The van der Waals surface area contributed by atoms with Crippen molar-refractivity contribution in [3.05, 3.63) is 53.6 Å². The van der Waals surface area contributed by atoms with Crippen molar-refractivity contribution in [1.82, 2.24) is 0 Å². The van der Waals surface area contributed by atoms with Crippen LogP contribution in [0.15, 0.2) is 42.5 Å². The molecule has 2 aromatic carbocycles. The fraction of sp³-hybridized carbons (Fsp3) is 0.0714. The molecule has 0 saturated carbocycles. The summed E-state index contributed by atoms with van der Waals surface area (Å²) >= 11 is 0. The summed E-state index contributed by atoms with van der Waals surface area (Å²) in [6.45, 7) is 1.86. The first-order valence-corrected chi connectivity index (χ1v) is 5.22. The number of aryl methyl sites for hydroxylation is 1. The highest BCUT2D eigenvalue weighted by Gasteiger charge is 2.02. The standard InChI is InChI=1S/C14H12O3/c1-10-8-12(16)4-7-14(10)17-13-5-2-11(9-15)3-6-13/h2-9,16H,1H3. The number of aromatic hydroxyl groups is 1. The normalized spacial score (nSPS) is 9.94. The molecule has 0 aliphatic carbocycles. The molecule has 0 unspecified atom stereocenters. The lowest BCUT2D eigenvalue weighted by atomic mass is 10.2. The molecule has 0 aromatic heterocycles. The molecule has 0 heterocycles. The highest BCUT2D eigenvalue weighted by Crippen LogP contribution is 2.27. The van der Waals surface area contributed by atoms with Gasteiger partial charge in [-0.15, -0.1) is 0 Å². The number of carbonyl (C=O) groups excluding carboxylic acids is 1. The molecule has 17 heavy (non-hydrogen) atoms. The Balaban J connectivity index is 2.22. The maximum Gasteiger partial charge on any atom is 0.150 e. The monoisotopic (exact) mass is 228 g/mol. The Morgan fingerprint density at radius 1 is 1.12 bits per heavy atom. The molecule has 0 aliphatic heterocycles. The van der Waals surface area contributed by atoms with E-state index in [0.29, 0.717) is 17.1 Å². The molecule has 0 bridgehead atoms. The van der Waals surface area contributed by atoms with Gasteiger partial charge in [0.1, 0.15) is 23.5 Å². The first-order chi connectivity index (χ1) is 8.19. The average molecular weight is 228 g/mol. The second-order valence-corrected chi connectivity index (χ2v) is 3.74. The molecule has 0 fully saturated rings. The Morgan fingerprint density at radius 3 is 2.41 bits per heavy atom. The van der Waals surface area contributed by atoms with Crippen molar-refractivity contribution in [2.24, 2.45) is 0 Å². The third-order valence-electron chi connectivity index (χ3n) is 2.40. The van der Waals surface area contributed by atoms with Gasteiger partial charge in [0, 0.05) is 5.56 Å². The zero-order valence-electron chi connectivity index (χ0n) is 9.38. The first-order valence-electron chi connectivity index (χ1n) is 5.22. The minimum atomic E-state index is 0.214. The molecule has 0 spiro atoms. The van der Waals surface area contributed by atoms with Gasteiger partial charge in [0.2, 0.25) is 0 Å². The molecule has 0 aliphatic rings. The topological polar surface area (TPSA) is 46.5 Å². The van der Waals surface area contributed by atoms with Crippen LogP contribution >= 0.6 is 0 Å². The predicted octanol–water partition coefficient (Wildman–Crippen LogP) is 3.31. The van der Waals surface area contributed by atoms with Gasteiger partial charge in [-0.05, 0) is 55.0 Å². The van der Waals surface area contributed by atoms with Crippen molar-refractivity contribution in [1.29, 1.82) is 0 Å². The molecule has 0 atom stereocenters. The van der Waals surface area contributed by atoms with E-state index in [2.05, 4.69) is 0 Å². The summed E-state index contributed by atoms with van der Waals surface area (Å²) in [5, 5.41) is 9.28. The van der Waals surface area contributed by atoms with Crippen LogP contribution in [0.1, 0.15) is 15.9 Å². The predicted molar refractivity (Wildman–Crippen MR) is 64.7 cm³/mol. The van der Waals surface area contributed by atoms with Gasteiger partial charge in [0.25, 0.3) is 0 Å². The van der Waals surface area contributed by atoms with Crippen LogP contribution in [0.2, 0.25) is 0 Å². The largest absolute Gasteiger partial charge is 0.508 e. The number of carbonyl (C=O) groups is 1. The van der Waals surface area contributed by atoms with E-state index >= 15 is 0 Å². The van der Waals surface area contributed by atoms with E-state index in [4.69, 9.17) is 4.74 Å². The smallest absolute Gasteiger partial charge is 0.150 e. The number of aldehydes is 1. The van der Waals surface area contributed by atoms with Crippen molar-refractivity contribution in [3.8, 4) is 17.2 Å². The zero-order valence-corrected chi connectivity index (χ0v) is 9.38. The van der Waals surface area contributed by atoms with Crippen molar-refractivity contribution >= 4 is 6.29 Å². The van der Waals surface area contributed by atoms with Gasteiger partial charge >= 0.3 is 0 Å². The van der Waals surface area contributed by atoms with Crippen LogP contribution in [0.5, 0.6) is 17.2 Å². The summed E-state index contributed by atoms with van der Waals surface area (Å²) in [6.07, 6.45) is 0.787. The molecule has 86 valence electrons. The summed E-state index contributed by atoms with van der Waals surface area (Å²) in [4.78, 5) is 10.5. The number of phenolic OH excluding ortho intramolecular Hbond substituents is 1. The summed E-state index contributed by atoms with van der Waals surface area (Å²) in [6, 6.07) is 11.8. The molecule has 1 N–H and O–H groups in total. The van der Waals surface area contributed by atoms with Crippen LogP contribution < -0.4 is 4.74 Å². The Labute approximate surface area is 99.3 Å². The van der Waals surface area contributed by atoms with Crippen molar-refractivity contribution in [3.63, 3.8) is 0 Å².